The number of ether oxygens (including phenoxy) is 2. The number of benzene rings is 1. The van der Waals surface area contributed by atoms with Crippen LogP contribution in [0.3, 0.4) is 0 Å². The molecular formula is C15H21ClN2O3. The van der Waals surface area contributed by atoms with E-state index in [1.54, 1.807) is 7.11 Å². The van der Waals surface area contributed by atoms with E-state index in [4.69, 9.17) is 21.1 Å². The summed E-state index contributed by atoms with van der Waals surface area (Å²) in [6.07, 6.45) is 2.13. The number of carbonyl (C=O) groups excluding carboxylic acids is 1. The second kappa shape index (κ2) is 8.22. The topological polar surface area (TPSA) is 59.6 Å². The molecule has 1 aromatic carbocycles. The van der Waals surface area contributed by atoms with Crippen LogP contribution >= 0.6 is 11.6 Å². The van der Waals surface area contributed by atoms with Crippen molar-refractivity contribution in [1.29, 1.82) is 0 Å². The summed E-state index contributed by atoms with van der Waals surface area (Å²) in [5.74, 6) is 0.550. The summed E-state index contributed by atoms with van der Waals surface area (Å²) in [5.41, 5.74) is 0.856. The Hall–Kier alpha value is -1.30. The lowest BCUT2D eigenvalue weighted by atomic mass is 10.2. The molecule has 1 amide bonds. The van der Waals surface area contributed by atoms with Gasteiger partial charge in [-0.25, -0.2) is 0 Å². The quantitative estimate of drug-likeness (QED) is 0.682. The first-order valence-corrected chi connectivity index (χ1v) is 7.47. The van der Waals surface area contributed by atoms with Crippen LogP contribution in [0.5, 0.6) is 5.75 Å². The standard InChI is InChI=1S/C15H21ClN2O3/c1-20-8-7-17-9-12-13(16)3-2-4-14(12)21-10-15(19)18-11-5-6-11/h2-4,11,17H,5-10H2,1H3,(H,18,19). The highest BCUT2D eigenvalue weighted by Gasteiger charge is 2.23. The van der Waals surface area contributed by atoms with E-state index in [0.717, 1.165) is 24.9 Å². The Balaban J connectivity index is 1.87. The molecule has 5 nitrogen and oxygen atoms in total. The van der Waals surface area contributed by atoms with Crippen LogP contribution in [0.15, 0.2) is 18.2 Å². The fraction of sp³-hybridized carbons (Fsp3) is 0.533. The average molecular weight is 313 g/mol. The normalized spacial score (nSPS) is 14.0. The molecule has 0 bridgehead atoms. The van der Waals surface area contributed by atoms with Crippen LogP contribution in [0.2, 0.25) is 5.02 Å². The summed E-state index contributed by atoms with van der Waals surface area (Å²) in [7, 11) is 1.66. The Labute approximate surface area is 130 Å². The van der Waals surface area contributed by atoms with Gasteiger partial charge in [-0.3, -0.25) is 4.79 Å². The Kier molecular flexibility index (Phi) is 6.29. The van der Waals surface area contributed by atoms with E-state index in [2.05, 4.69) is 10.6 Å². The first-order valence-electron chi connectivity index (χ1n) is 7.10. The molecule has 1 aliphatic rings. The van der Waals surface area contributed by atoms with Gasteiger partial charge in [0.2, 0.25) is 0 Å². The number of carbonyl (C=O) groups is 1. The number of halogens is 1. The van der Waals surface area contributed by atoms with Gasteiger partial charge in [0.05, 0.1) is 6.61 Å². The van der Waals surface area contributed by atoms with Gasteiger partial charge in [0.25, 0.3) is 5.91 Å². The second-order valence-electron chi connectivity index (χ2n) is 5.02. The fourth-order valence-corrected chi connectivity index (χ4v) is 2.11. The molecule has 0 unspecified atom stereocenters. The molecule has 6 heteroatoms. The molecule has 2 rings (SSSR count). The van der Waals surface area contributed by atoms with Gasteiger partial charge in [-0.05, 0) is 25.0 Å². The minimum Gasteiger partial charge on any atom is -0.483 e. The predicted molar refractivity (Wildman–Crippen MR) is 81.7 cm³/mol. The molecule has 0 radical (unpaired) electrons. The van der Waals surface area contributed by atoms with Crippen molar-refractivity contribution >= 4 is 17.5 Å². The van der Waals surface area contributed by atoms with Crippen LogP contribution in [0, 0.1) is 0 Å². The van der Waals surface area contributed by atoms with E-state index in [1.807, 2.05) is 18.2 Å². The van der Waals surface area contributed by atoms with Gasteiger partial charge in [-0.1, -0.05) is 17.7 Å². The van der Waals surface area contributed by atoms with E-state index in [9.17, 15) is 4.79 Å². The van der Waals surface area contributed by atoms with Crippen LogP contribution < -0.4 is 15.4 Å². The first kappa shape index (κ1) is 16.1. The summed E-state index contributed by atoms with van der Waals surface area (Å²) in [6, 6.07) is 5.79. The number of rotatable bonds is 9. The minimum absolute atomic E-state index is 0.0158. The van der Waals surface area contributed by atoms with Crippen molar-refractivity contribution in [3.8, 4) is 5.75 Å². The summed E-state index contributed by atoms with van der Waals surface area (Å²) >= 11 is 6.20. The smallest absolute Gasteiger partial charge is 0.258 e. The van der Waals surface area contributed by atoms with Crippen molar-refractivity contribution in [2.24, 2.45) is 0 Å². The average Bonchev–Trinajstić information content (AvgIpc) is 3.27. The largest absolute Gasteiger partial charge is 0.483 e. The minimum atomic E-state index is -0.0873. The lowest BCUT2D eigenvalue weighted by molar-refractivity contribution is -0.123. The molecule has 0 atom stereocenters. The van der Waals surface area contributed by atoms with Gasteiger partial charge < -0.3 is 20.1 Å². The molecule has 0 aliphatic heterocycles. The Morgan fingerprint density at radius 2 is 2.24 bits per heavy atom. The molecular weight excluding hydrogens is 292 g/mol. The van der Waals surface area contributed by atoms with E-state index >= 15 is 0 Å². The zero-order valence-electron chi connectivity index (χ0n) is 12.2. The van der Waals surface area contributed by atoms with Gasteiger partial charge in [-0.2, -0.15) is 0 Å². The van der Waals surface area contributed by atoms with Gasteiger partial charge in [0.1, 0.15) is 5.75 Å². The number of nitrogens with one attached hydrogen (secondary N) is 2. The van der Waals surface area contributed by atoms with E-state index in [0.29, 0.717) is 30.0 Å². The highest BCUT2D eigenvalue weighted by Crippen LogP contribution is 2.26. The Bertz CT molecular complexity index is 478. The summed E-state index contributed by atoms with van der Waals surface area (Å²) in [5, 5.41) is 6.74. The zero-order chi connectivity index (χ0) is 15.1. The Morgan fingerprint density at radius 1 is 1.43 bits per heavy atom. The van der Waals surface area contributed by atoms with E-state index < -0.39 is 0 Å². The maximum absolute atomic E-state index is 11.7. The SMILES string of the molecule is COCCNCc1c(Cl)cccc1OCC(=O)NC1CC1. The molecule has 2 N–H and O–H groups in total. The van der Waals surface area contributed by atoms with Crippen LogP contribution in [-0.4, -0.2) is 38.8 Å². The third kappa shape index (κ3) is 5.53. The third-order valence-corrected chi connectivity index (χ3v) is 3.52. The summed E-state index contributed by atoms with van der Waals surface area (Å²) in [6.45, 7) is 1.94. The van der Waals surface area contributed by atoms with E-state index in [-0.39, 0.29) is 12.5 Å². The van der Waals surface area contributed by atoms with Crippen LogP contribution in [0.25, 0.3) is 0 Å². The van der Waals surface area contributed by atoms with E-state index in [1.165, 1.54) is 0 Å². The summed E-state index contributed by atoms with van der Waals surface area (Å²) < 4.78 is 10.6. The number of hydrogen-bond donors (Lipinski definition) is 2. The van der Waals surface area contributed by atoms with Crippen LogP contribution in [0.1, 0.15) is 18.4 Å². The van der Waals surface area contributed by atoms with Crippen molar-refractivity contribution in [1.82, 2.24) is 10.6 Å². The predicted octanol–water partition coefficient (Wildman–Crippen LogP) is 1.73. The molecule has 0 heterocycles. The lowest BCUT2D eigenvalue weighted by Crippen LogP contribution is -2.30. The van der Waals surface area contributed by atoms with Gasteiger partial charge in [0.15, 0.2) is 6.61 Å². The van der Waals surface area contributed by atoms with Crippen molar-refractivity contribution < 1.29 is 14.3 Å². The van der Waals surface area contributed by atoms with Gasteiger partial charge in [0, 0.05) is 36.8 Å². The third-order valence-electron chi connectivity index (χ3n) is 3.16. The molecule has 1 saturated carbocycles. The second-order valence-corrected chi connectivity index (χ2v) is 5.42. The van der Waals surface area contributed by atoms with Gasteiger partial charge >= 0.3 is 0 Å². The fourth-order valence-electron chi connectivity index (χ4n) is 1.87. The lowest BCUT2D eigenvalue weighted by Gasteiger charge is -2.13. The molecule has 1 fully saturated rings. The number of hydrogen-bond acceptors (Lipinski definition) is 4. The molecule has 1 aromatic rings. The van der Waals surface area contributed by atoms with Crippen LogP contribution in [0.4, 0.5) is 0 Å². The molecule has 1 aliphatic carbocycles. The molecule has 0 saturated heterocycles. The highest BCUT2D eigenvalue weighted by molar-refractivity contribution is 6.31. The zero-order valence-corrected chi connectivity index (χ0v) is 12.9. The van der Waals surface area contributed by atoms with Gasteiger partial charge in [-0.15, -0.1) is 0 Å². The van der Waals surface area contributed by atoms with Crippen molar-refractivity contribution in [2.45, 2.75) is 25.4 Å². The van der Waals surface area contributed by atoms with Crippen molar-refractivity contribution in [2.75, 3.05) is 26.9 Å². The first-order chi connectivity index (χ1) is 10.2. The van der Waals surface area contributed by atoms with Crippen molar-refractivity contribution in [3.63, 3.8) is 0 Å². The highest BCUT2D eigenvalue weighted by atomic mass is 35.5. The number of amides is 1. The summed E-state index contributed by atoms with van der Waals surface area (Å²) in [4.78, 5) is 11.7. The maximum Gasteiger partial charge on any atom is 0.258 e. The van der Waals surface area contributed by atoms with Crippen LogP contribution in [-0.2, 0) is 16.1 Å². The molecule has 0 spiro atoms. The molecule has 0 aromatic heterocycles. The molecule has 21 heavy (non-hydrogen) atoms. The maximum atomic E-state index is 11.7. The number of methoxy groups -OCH3 is 1. The monoisotopic (exact) mass is 312 g/mol. The van der Waals surface area contributed by atoms with Crippen molar-refractivity contribution in [3.05, 3.63) is 28.8 Å². The molecule has 116 valence electrons. The Morgan fingerprint density at radius 3 is 2.95 bits per heavy atom.